The molecule has 1 heterocycles. The fourth-order valence-corrected chi connectivity index (χ4v) is 3.38. The minimum atomic E-state index is 0.560. The average molecular weight is 278 g/mol. The first-order valence-electron chi connectivity index (χ1n) is 7.17. The molecule has 1 aliphatic rings. The SMILES string of the molecule is CCNCC1CCCC1c1cc2cc(Cl)ccc2o1. The number of benzene rings is 1. The largest absolute Gasteiger partial charge is 0.461 e. The fourth-order valence-electron chi connectivity index (χ4n) is 3.20. The van der Waals surface area contributed by atoms with E-state index in [0.29, 0.717) is 11.8 Å². The predicted octanol–water partition coefficient (Wildman–Crippen LogP) is 4.58. The van der Waals surface area contributed by atoms with Crippen LogP contribution in [0.3, 0.4) is 0 Å². The molecule has 0 aliphatic heterocycles. The molecule has 1 N–H and O–H groups in total. The summed E-state index contributed by atoms with van der Waals surface area (Å²) in [5.41, 5.74) is 0.952. The third kappa shape index (κ3) is 2.65. The molecule has 102 valence electrons. The molecule has 0 amide bonds. The van der Waals surface area contributed by atoms with E-state index >= 15 is 0 Å². The van der Waals surface area contributed by atoms with E-state index in [1.54, 1.807) is 0 Å². The normalized spacial score (nSPS) is 23.3. The summed E-state index contributed by atoms with van der Waals surface area (Å²) in [5.74, 6) is 2.40. The van der Waals surface area contributed by atoms with Crippen LogP contribution in [0.25, 0.3) is 11.0 Å². The molecule has 1 aromatic heterocycles. The molecule has 1 aliphatic carbocycles. The van der Waals surface area contributed by atoms with Crippen molar-refractivity contribution in [2.45, 2.75) is 32.1 Å². The van der Waals surface area contributed by atoms with Gasteiger partial charge in [-0.2, -0.15) is 0 Å². The standard InChI is InChI=1S/C16H20ClNO/c1-2-18-10-11-4-3-5-14(11)16-9-12-8-13(17)6-7-15(12)19-16/h6-9,11,14,18H,2-5,10H2,1H3. The zero-order valence-electron chi connectivity index (χ0n) is 11.3. The molecule has 1 fully saturated rings. The second-order valence-corrected chi connectivity index (χ2v) is 5.87. The van der Waals surface area contributed by atoms with E-state index in [4.69, 9.17) is 16.0 Å². The van der Waals surface area contributed by atoms with E-state index in [1.807, 2.05) is 18.2 Å². The molecule has 1 saturated carbocycles. The molecule has 3 rings (SSSR count). The van der Waals surface area contributed by atoms with Crippen LogP contribution in [-0.2, 0) is 0 Å². The van der Waals surface area contributed by atoms with Crippen molar-refractivity contribution in [3.8, 4) is 0 Å². The summed E-state index contributed by atoms with van der Waals surface area (Å²) in [5, 5.41) is 5.37. The number of fused-ring (bicyclic) bond motifs is 1. The molecule has 2 aromatic rings. The molecule has 0 radical (unpaired) electrons. The molecule has 2 atom stereocenters. The summed E-state index contributed by atoms with van der Waals surface area (Å²) in [4.78, 5) is 0. The van der Waals surface area contributed by atoms with Crippen LogP contribution >= 0.6 is 11.6 Å². The quantitative estimate of drug-likeness (QED) is 0.885. The van der Waals surface area contributed by atoms with Crippen LogP contribution in [0, 0.1) is 5.92 Å². The first kappa shape index (κ1) is 13.0. The molecule has 1 aromatic carbocycles. The molecule has 0 saturated heterocycles. The topological polar surface area (TPSA) is 25.2 Å². The van der Waals surface area contributed by atoms with Gasteiger partial charge >= 0.3 is 0 Å². The number of furan rings is 1. The lowest BCUT2D eigenvalue weighted by atomic mass is 9.93. The van der Waals surface area contributed by atoms with Gasteiger partial charge in [0.2, 0.25) is 0 Å². The zero-order valence-corrected chi connectivity index (χ0v) is 12.0. The highest BCUT2D eigenvalue weighted by Gasteiger charge is 2.30. The van der Waals surface area contributed by atoms with Gasteiger partial charge in [0.15, 0.2) is 0 Å². The van der Waals surface area contributed by atoms with E-state index in [1.165, 1.54) is 19.3 Å². The van der Waals surface area contributed by atoms with Gasteiger partial charge in [0.1, 0.15) is 11.3 Å². The number of hydrogen-bond donors (Lipinski definition) is 1. The van der Waals surface area contributed by atoms with Crippen LogP contribution in [0.2, 0.25) is 5.02 Å². The van der Waals surface area contributed by atoms with Crippen molar-refractivity contribution in [1.82, 2.24) is 5.32 Å². The van der Waals surface area contributed by atoms with Gasteiger partial charge in [0.05, 0.1) is 0 Å². The Morgan fingerprint density at radius 2 is 2.21 bits per heavy atom. The average Bonchev–Trinajstić information content (AvgIpc) is 3.01. The summed E-state index contributed by atoms with van der Waals surface area (Å²) in [7, 11) is 0. The Morgan fingerprint density at radius 1 is 1.32 bits per heavy atom. The summed E-state index contributed by atoms with van der Waals surface area (Å²) >= 11 is 6.03. The van der Waals surface area contributed by atoms with Crippen molar-refractivity contribution in [2.75, 3.05) is 13.1 Å². The monoisotopic (exact) mass is 277 g/mol. The molecule has 0 bridgehead atoms. The van der Waals surface area contributed by atoms with Crippen LogP contribution in [0.1, 0.15) is 37.9 Å². The number of hydrogen-bond acceptors (Lipinski definition) is 2. The van der Waals surface area contributed by atoms with Crippen LogP contribution in [-0.4, -0.2) is 13.1 Å². The molecule has 19 heavy (non-hydrogen) atoms. The van der Waals surface area contributed by atoms with Gasteiger partial charge in [-0.3, -0.25) is 0 Å². The van der Waals surface area contributed by atoms with Crippen molar-refractivity contribution in [2.24, 2.45) is 5.92 Å². The molecule has 0 spiro atoms. The lowest BCUT2D eigenvalue weighted by Crippen LogP contribution is -2.24. The van der Waals surface area contributed by atoms with Gasteiger partial charge in [-0.1, -0.05) is 24.9 Å². The van der Waals surface area contributed by atoms with Gasteiger partial charge < -0.3 is 9.73 Å². The predicted molar refractivity (Wildman–Crippen MR) is 79.8 cm³/mol. The molecule has 2 unspecified atom stereocenters. The van der Waals surface area contributed by atoms with E-state index in [-0.39, 0.29) is 0 Å². The van der Waals surface area contributed by atoms with Crippen molar-refractivity contribution in [3.63, 3.8) is 0 Å². The van der Waals surface area contributed by atoms with Crippen molar-refractivity contribution >= 4 is 22.6 Å². The lowest BCUT2D eigenvalue weighted by Gasteiger charge is -2.17. The Morgan fingerprint density at radius 3 is 3.05 bits per heavy atom. The van der Waals surface area contributed by atoms with Crippen molar-refractivity contribution in [1.29, 1.82) is 0 Å². The van der Waals surface area contributed by atoms with Gasteiger partial charge in [-0.25, -0.2) is 0 Å². The van der Waals surface area contributed by atoms with Crippen LogP contribution in [0.4, 0.5) is 0 Å². The van der Waals surface area contributed by atoms with Crippen LogP contribution in [0.5, 0.6) is 0 Å². The van der Waals surface area contributed by atoms with Crippen LogP contribution in [0.15, 0.2) is 28.7 Å². The van der Waals surface area contributed by atoms with Crippen molar-refractivity contribution in [3.05, 3.63) is 35.0 Å². The smallest absolute Gasteiger partial charge is 0.134 e. The van der Waals surface area contributed by atoms with E-state index in [2.05, 4.69) is 18.3 Å². The first-order chi connectivity index (χ1) is 9.28. The highest BCUT2D eigenvalue weighted by molar-refractivity contribution is 6.31. The lowest BCUT2D eigenvalue weighted by molar-refractivity contribution is 0.394. The van der Waals surface area contributed by atoms with Gasteiger partial charge in [-0.05, 0) is 56.1 Å². The maximum Gasteiger partial charge on any atom is 0.134 e. The van der Waals surface area contributed by atoms with Gasteiger partial charge in [0.25, 0.3) is 0 Å². The summed E-state index contributed by atoms with van der Waals surface area (Å²) in [6.07, 6.45) is 3.84. The van der Waals surface area contributed by atoms with Crippen molar-refractivity contribution < 1.29 is 4.42 Å². The summed E-state index contributed by atoms with van der Waals surface area (Å²) in [6.45, 7) is 4.30. The molecule has 3 heteroatoms. The van der Waals surface area contributed by atoms with E-state index in [9.17, 15) is 0 Å². The van der Waals surface area contributed by atoms with Crippen LogP contribution < -0.4 is 5.32 Å². The molecular formula is C16H20ClNO. The second-order valence-electron chi connectivity index (χ2n) is 5.44. The number of nitrogens with one attached hydrogen (secondary N) is 1. The Hall–Kier alpha value is -0.990. The Balaban J connectivity index is 1.86. The van der Waals surface area contributed by atoms with Gasteiger partial charge in [-0.15, -0.1) is 0 Å². The third-order valence-electron chi connectivity index (χ3n) is 4.18. The fraction of sp³-hybridized carbons (Fsp3) is 0.500. The highest BCUT2D eigenvalue weighted by atomic mass is 35.5. The van der Waals surface area contributed by atoms with Gasteiger partial charge in [0, 0.05) is 16.3 Å². The molecular weight excluding hydrogens is 258 g/mol. The minimum Gasteiger partial charge on any atom is -0.461 e. The summed E-state index contributed by atoms with van der Waals surface area (Å²) < 4.78 is 6.03. The number of halogens is 1. The Bertz CT molecular complexity index is 563. The van der Waals surface area contributed by atoms with E-state index in [0.717, 1.165) is 34.8 Å². The van der Waals surface area contributed by atoms with E-state index < -0.39 is 0 Å². The third-order valence-corrected chi connectivity index (χ3v) is 4.41. The maximum atomic E-state index is 6.03. The summed E-state index contributed by atoms with van der Waals surface area (Å²) in [6, 6.07) is 8.02. The second kappa shape index (κ2) is 5.56. The zero-order chi connectivity index (χ0) is 13.2. The maximum absolute atomic E-state index is 6.03. The number of rotatable bonds is 4. The first-order valence-corrected chi connectivity index (χ1v) is 7.55. The minimum absolute atomic E-state index is 0.560. The Labute approximate surface area is 119 Å². The highest BCUT2D eigenvalue weighted by Crippen LogP contribution is 2.41. The Kier molecular flexibility index (Phi) is 3.81. The molecule has 2 nitrogen and oxygen atoms in total.